The Bertz CT molecular complexity index is 586. The molecule has 0 aromatic heterocycles. The zero-order valence-corrected chi connectivity index (χ0v) is 16.4. The third-order valence-electron chi connectivity index (χ3n) is 2.89. The highest BCUT2D eigenvalue weighted by Crippen LogP contribution is 2.37. The van der Waals surface area contributed by atoms with Crippen LogP contribution in [0, 0.1) is 3.57 Å². The second-order valence-electron chi connectivity index (χ2n) is 4.42. The van der Waals surface area contributed by atoms with Crippen LogP contribution in [-0.2, 0) is 0 Å². The quantitative estimate of drug-likeness (QED) is 0.338. The van der Waals surface area contributed by atoms with Gasteiger partial charge >= 0.3 is 0 Å². The van der Waals surface area contributed by atoms with E-state index in [1.165, 1.54) is 14.7 Å². The summed E-state index contributed by atoms with van der Waals surface area (Å²) in [6.45, 7) is 2.85. The zero-order valence-electron chi connectivity index (χ0n) is 11.1. The predicted octanol–water partition coefficient (Wildman–Crippen LogP) is 6.33. The molecule has 0 N–H and O–H groups in total. The lowest BCUT2D eigenvalue weighted by Crippen LogP contribution is -1.98. The van der Waals surface area contributed by atoms with Crippen molar-refractivity contribution in [2.75, 3.05) is 6.61 Å². The molecule has 0 aliphatic heterocycles. The van der Waals surface area contributed by atoms with Crippen LogP contribution < -0.4 is 4.74 Å². The maximum absolute atomic E-state index is 5.69. The van der Waals surface area contributed by atoms with Crippen molar-refractivity contribution in [1.29, 1.82) is 0 Å². The van der Waals surface area contributed by atoms with Gasteiger partial charge in [-0.25, -0.2) is 0 Å². The minimum absolute atomic E-state index is 0.187. The molecule has 4 heteroatoms. The number of ether oxygens (including phenoxy) is 1. The number of hydrogen-bond acceptors (Lipinski definition) is 1. The van der Waals surface area contributed by atoms with Crippen LogP contribution in [0.2, 0.25) is 0 Å². The Balaban J connectivity index is 2.25. The standard InChI is InChI=1S/C16H15Br2IO/c1-2-9-20-15-8-7-11(10-13(15)17)16(18)12-5-3-4-6-14(12)19/h3-8,10,16H,2,9H2,1H3. The average molecular weight is 510 g/mol. The van der Waals surface area contributed by atoms with Crippen LogP contribution >= 0.6 is 54.5 Å². The summed E-state index contributed by atoms with van der Waals surface area (Å²) in [6, 6.07) is 14.7. The Labute approximate surface area is 150 Å². The predicted molar refractivity (Wildman–Crippen MR) is 99.9 cm³/mol. The van der Waals surface area contributed by atoms with Gasteiger partial charge in [-0.05, 0) is 74.3 Å². The van der Waals surface area contributed by atoms with Crippen LogP contribution in [0.25, 0.3) is 0 Å². The molecule has 0 amide bonds. The molecule has 2 aromatic carbocycles. The summed E-state index contributed by atoms with van der Waals surface area (Å²) in [7, 11) is 0. The molecule has 2 aromatic rings. The number of halogens is 3. The van der Waals surface area contributed by atoms with Crippen molar-refractivity contribution in [3.05, 3.63) is 61.6 Å². The smallest absolute Gasteiger partial charge is 0.133 e. The Kier molecular flexibility index (Phi) is 6.36. The first-order chi connectivity index (χ1) is 9.63. The SMILES string of the molecule is CCCOc1ccc(C(Br)c2ccccc2I)cc1Br. The molecule has 1 nitrogen and oxygen atoms in total. The summed E-state index contributed by atoms with van der Waals surface area (Å²) in [5.74, 6) is 0.901. The fourth-order valence-electron chi connectivity index (χ4n) is 1.86. The van der Waals surface area contributed by atoms with E-state index in [1.54, 1.807) is 0 Å². The van der Waals surface area contributed by atoms with Crippen molar-refractivity contribution in [2.45, 2.75) is 18.2 Å². The first kappa shape index (κ1) is 16.3. The number of hydrogen-bond donors (Lipinski definition) is 0. The molecule has 0 heterocycles. The van der Waals surface area contributed by atoms with E-state index in [4.69, 9.17) is 4.74 Å². The van der Waals surface area contributed by atoms with E-state index in [1.807, 2.05) is 6.07 Å². The summed E-state index contributed by atoms with van der Waals surface area (Å²) in [6.07, 6.45) is 1.01. The average Bonchev–Trinajstić information content (AvgIpc) is 2.46. The topological polar surface area (TPSA) is 9.23 Å². The van der Waals surface area contributed by atoms with E-state index in [2.05, 4.69) is 97.8 Å². The summed E-state index contributed by atoms with van der Waals surface area (Å²) >= 11 is 9.75. The van der Waals surface area contributed by atoms with Gasteiger partial charge in [-0.2, -0.15) is 0 Å². The van der Waals surface area contributed by atoms with Crippen molar-refractivity contribution in [3.8, 4) is 5.75 Å². The van der Waals surface area contributed by atoms with Gasteiger partial charge in [0.05, 0.1) is 15.9 Å². The highest BCUT2D eigenvalue weighted by Gasteiger charge is 2.14. The molecule has 20 heavy (non-hydrogen) atoms. The summed E-state index contributed by atoms with van der Waals surface area (Å²) < 4.78 is 7.94. The van der Waals surface area contributed by atoms with E-state index in [0.29, 0.717) is 0 Å². The summed E-state index contributed by atoms with van der Waals surface area (Å²) in [5, 5.41) is 0. The minimum Gasteiger partial charge on any atom is -0.492 e. The van der Waals surface area contributed by atoms with Gasteiger partial charge in [0.15, 0.2) is 0 Å². The number of rotatable bonds is 5. The highest BCUT2D eigenvalue weighted by molar-refractivity contribution is 14.1. The van der Waals surface area contributed by atoms with Crippen molar-refractivity contribution in [3.63, 3.8) is 0 Å². The molecule has 0 fully saturated rings. The molecular weight excluding hydrogens is 495 g/mol. The summed E-state index contributed by atoms with van der Waals surface area (Å²) in [5.41, 5.74) is 2.49. The molecular formula is C16H15Br2IO. The third-order valence-corrected chi connectivity index (χ3v) is 5.51. The summed E-state index contributed by atoms with van der Waals surface area (Å²) in [4.78, 5) is 0.187. The number of benzene rings is 2. The fourth-order valence-corrected chi connectivity index (χ4v) is 4.19. The zero-order chi connectivity index (χ0) is 14.5. The van der Waals surface area contributed by atoms with Crippen LogP contribution in [0.3, 0.4) is 0 Å². The van der Waals surface area contributed by atoms with Gasteiger partial charge in [-0.1, -0.05) is 47.1 Å². The Morgan fingerprint density at radius 3 is 2.60 bits per heavy atom. The van der Waals surface area contributed by atoms with E-state index < -0.39 is 0 Å². The Morgan fingerprint density at radius 1 is 1.20 bits per heavy atom. The first-order valence-corrected chi connectivity index (χ1v) is 9.23. The molecule has 0 bridgehead atoms. The van der Waals surface area contributed by atoms with E-state index >= 15 is 0 Å². The van der Waals surface area contributed by atoms with Gasteiger partial charge in [0.2, 0.25) is 0 Å². The normalized spacial score (nSPS) is 12.2. The van der Waals surface area contributed by atoms with Gasteiger partial charge in [-0.15, -0.1) is 0 Å². The van der Waals surface area contributed by atoms with Gasteiger partial charge in [0.25, 0.3) is 0 Å². The molecule has 1 unspecified atom stereocenters. The van der Waals surface area contributed by atoms with Gasteiger partial charge < -0.3 is 4.74 Å². The van der Waals surface area contributed by atoms with Crippen molar-refractivity contribution in [1.82, 2.24) is 0 Å². The maximum Gasteiger partial charge on any atom is 0.133 e. The molecule has 0 saturated heterocycles. The molecule has 0 aliphatic rings. The van der Waals surface area contributed by atoms with Crippen molar-refractivity contribution < 1.29 is 4.74 Å². The number of alkyl halides is 1. The van der Waals surface area contributed by atoms with Crippen LogP contribution in [0.15, 0.2) is 46.9 Å². The van der Waals surface area contributed by atoms with E-state index in [9.17, 15) is 0 Å². The maximum atomic E-state index is 5.69. The molecule has 0 saturated carbocycles. The molecule has 2 rings (SSSR count). The van der Waals surface area contributed by atoms with Crippen LogP contribution in [0.4, 0.5) is 0 Å². The van der Waals surface area contributed by atoms with Crippen LogP contribution in [0.5, 0.6) is 5.75 Å². The lowest BCUT2D eigenvalue weighted by Gasteiger charge is -2.15. The molecule has 0 radical (unpaired) electrons. The van der Waals surface area contributed by atoms with Gasteiger partial charge in [-0.3, -0.25) is 0 Å². The fraction of sp³-hybridized carbons (Fsp3) is 0.250. The third kappa shape index (κ3) is 3.98. The molecule has 0 aliphatic carbocycles. The minimum atomic E-state index is 0.187. The Hall–Kier alpha value is -0.0700. The molecule has 1 atom stereocenters. The Morgan fingerprint density at radius 2 is 1.95 bits per heavy atom. The lowest BCUT2D eigenvalue weighted by atomic mass is 10.0. The van der Waals surface area contributed by atoms with Crippen LogP contribution in [-0.4, -0.2) is 6.61 Å². The molecule has 106 valence electrons. The second kappa shape index (κ2) is 7.80. The second-order valence-corrected chi connectivity index (χ2v) is 7.35. The van der Waals surface area contributed by atoms with Crippen LogP contribution in [0.1, 0.15) is 29.3 Å². The van der Waals surface area contributed by atoms with Gasteiger partial charge in [0.1, 0.15) is 5.75 Å². The van der Waals surface area contributed by atoms with Crippen molar-refractivity contribution in [2.24, 2.45) is 0 Å². The van der Waals surface area contributed by atoms with Crippen molar-refractivity contribution >= 4 is 54.5 Å². The molecule has 0 spiro atoms. The largest absolute Gasteiger partial charge is 0.492 e. The van der Waals surface area contributed by atoms with E-state index in [0.717, 1.165) is 23.2 Å². The monoisotopic (exact) mass is 508 g/mol. The highest BCUT2D eigenvalue weighted by atomic mass is 127. The first-order valence-electron chi connectivity index (χ1n) is 6.44. The van der Waals surface area contributed by atoms with E-state index in [-0.39, 0.29) is 4.83 Å². The van der Waals surface area contributed by atoms with Gasteiger partial charge in [0, 0.05) is 3.57 Å². The lowest BCUT2D eigenvalue weighted by molar-refractivity contribution is 0.315.